The van der Waals surface area contributed by atoms with Gasteiger partial charge in [0.15, 0.2) is 0 Å². The maximum absolute atomic E-state index is 11.0. The molecule has 0 aliphatic carbocycles. The average molecular weight is 310 g/mol. The first kappa shape index (κ1) is 14.5. The van der Waals surface area contributed by atoms with Gasteiger partial charge >= 0.3 is 6.09 Å². The molecule has 21 heavy (non-hydrogen) atoms. The lowest BCUT2D eigenvalue weighted by Gasteiger charge is -2.36. The Morgan fingerprint density at radius 2 is 2.10 bits per heavy atom. The summed E-state index contributed by atoms with van der Waals surface area (Å²) in [5, 5.41) is 3.47. The molecule has 2 aliphatic rings. The number of amides is 1. The SMILES string of the molecule is O=C1NCC(CCN2CCN(c3cccc(Cl)c3)CC2)O1. The Bertz CT molecular complexity index is 503. The number of anilines is 1. The van der Waals surface area contributed by atoms with Crippen LogP contribution in [0.3, 0.4) is 0 Å². The first-order chi connectivity index (χ1) is 10.2. The monoisotopic (exact) mass is 309 g/mol. The molecule has 1 aromatic rings. The zero-order chi connectivity index (χ0) is 14.7. The molecule has 0 aromatic heterocycles. The largest absolute Gasteiger partial charge is 0.444 e. The van der Waals surface area contributed by atoms with Gasteiger partial charge in [-0.2, -0.15) is 0 Å². The van der Waals surface area contributed by atoms with E-state index in [9.17, 15) is 4.79 Å². The molecule has 2 saturated heterocycles. The lowest BCUT2D eigenvalue weighted by atomic mass is 10.2. The molecule has 1 atom stereocenters. The van der Waals surface area contributed by atoms with Crippen molar-refractivity contribution in [2.75, 3.05) is 44.2 Å². The van der Waals surface area contributed by atoms with E-state index in [4.69, 9.17) is 16.3 Å². The van der Waals surface area contributed by atoms with E-state index in [1.807, 2.05) is 18.2 Å². The molecule has 0 bridgehead atoms. The topological polar surface area (TPSA) is 44.8 Å². The molecule has 114 valence electrons. The van der Waals surface area contributed by atoms with Gasteiger partial charge in [-0.3, -0.25) is 4.90 Å². The fraction of sp³-hybridized carbons (Fsp3) is 0.533. The van der Waals surface area contributed by atoms with Gasteiger partial charge in [0.1, 0.15) is 6.10 Å². The summed E-state index contributed by atoms with van der Waals surface area (Å²) in [6, 6.07) is 8.01. The van der Waals surface area contributed by atoms with Crippen molar-refractivity contribution in [1.29, 1.82) is 0 Å². The Hall–Kier alpha value is -1.46. The summed E-state index contributed by atoms with van der Waals surface area (Å²) in [6.07, 6.45) is 0.643. The summed E-state index contributed by atoms with van der Waals surface area (Å²) >= 11 is 6.04. The minimum Gasteiger partial charge on any atom is -0.444 e. The standard InChI is InChI=1S/C15H20ClN3O2/c16-12-2-1-3-13(10-12)19-8-6-18(7-9-19)5-4-14-11-17-15(20)21-14/h1-3,10,14H,4-9,11H2,(H,17,20). The number of carbonyl (C=O) groups is 1. The molecule has 0 spiro atoms. The van der Waals surface area contributed by atoms with Crippen LogP contribution in [0.5, 0.6) is 0 Å². The van der Waals surface area contributed by atoms with Gasteiger partial charge < -0.3 is 15.0 Å². The Morgan fingerprint density at radius 3 is 2.76 bits per heavy atom. The fourth-order valence-corrected chi connectivity index (χ4v) is 3.01. The minimum atomic E-state index is -0.286. The number of nitrogens with one attached hydrogen (secondary N) is 1. The molecule has 2 aliphatic heterocycles. The highest BCUT2D eigenvalue weighted by Gasteiger charge is 2.24. The second kappa shape index (κ2) is 6.54. The number of ether oxygens (including phenoxy) is 1. The van der Waals surface area contributed by atoms with Crippen LogP contribution in [-0.4, -0.2) is 56.4 Å². The van der Waals surface area contributed by atoms with E-state index < -0.39 is 0 Å². The normalized spacial score (nSPS) is 23.0. The maximum atomic E-state index is 11.0. The summed E-state index contributed by atoms with van der Waals surface area (Å²) < 4.78 is 5.15. The number of halogens is 1. The van der Waals surface area contributed by atoms with Crippen molar-refractivity contribution in [1.82, 2.24) is 10.2 Å². The summed E-state index contributed by atoms with van der Waals surface area (Å²) in [5.74, 6) is 0. The van der Waals surface area contributed by atoms with Gasteiger partial charge in [-0.1, -0.05) is 17.7 Å². The molecule has 1 aromatic carbocycles. The van der Waals surface area contributed by atoms with Crippen molar-refractivity contribution < 1.29 is 9.53 Å². The zero-order valence-corrected chi connectivity index (χ0v) is 12.7. The molecule has 0 saturated carbocycles. The number of cyclic esters (lactones) is 1. The van der Waals surface area contributed by atoms with Crippen LogP contribution < -0.4 is 10.2 Å². The number of nitrogens with zero attached hydrogens (tertiary/aromatic N) is 2. The molecule has 0 radical (unpaired) electrons. The molecule has 2 heterocycles. The van der Waals surface area contributed by atoms with Gasteiger partial charge in [0.25, 0.3) is 0 Å². The Balaban J connectivity index is 1.43. The highest BCUT2D eigenvalue weighted by molar-refractivity contribution is 6.30. The van der Waals surface area contributed by atoms with Gasteiger partial charge in [0.05, 0.1) is 6.54 Å². The molecule has 1 amide bonds. The van der Waals surface area contributed by atoms with Crippen molar-refractivity contribution in [2.45, 2.75) is 12.5 Å². The van der Waals surface area contributed by atoms with Gasteiger partial charge in [-0.05, 0) is 24.6 Å². The summed E-state index contributed by atoms with van der Waals surface area (Å²) in [4.78, 5) is 15.8. The second-order valence-corrected chi connectivity index (χ2v) is 5.94. The Morgan fingerprint density at radius 1 is 1.29 bits per heavy atom. The van der Waals surface area contributed by atoms with E-state index in [0.717, 1.165) is 44.2 Å². The lowest BCUT2D eigenvalue weighted by molar-refractivity contribution is 0.124. The quantitative estimate of drug-likeness (QED) is 0.923. The molecule has 2 fully saturated rings. The summed E-state index contributed by atoms with van der Waals surface area (Å²) in [5.41, 5.74) is 1.19. The smallest absolute Gasteiger partial charge is 0.407 e. The van der Waals surface area contributed by atoms with Crippen LogP contribution in [0.15, 0.2) is 24.3 Å². The van der Waals surface area contributed by atoms with Crippen LogP contribution in [0.25, 0.3) is 0 Å². The first-order valence-electron chi connectivity index (χ1n) is 7.38. The molecular formula is C15H20ClN3O2. The van der Waals surface area contributed by atoms with Crippen LogP contribution in [0, 0.1) is 0 Å². The summed E-state index contributed by atoms with van der Waals surface area (Å²) in [6.45, 7) is 5.68. The minimum absolute atomic E-state index is 0.0310. The highest BCUT2D eigenvalue weighted by atomic mass is 35.5. The average Bonchev–Trinajstić information content (AvgIpc) is 2.91. The second-order valence-electron chi connectivity index (χ2n) is 5.51. The van der Waals surface area contributed by atoms with Gasteiger partial charge in [0.2, 0.25) is 0 Å². The van der Waals surface area contributed by atoms with Crippen LogP contribution in [0.1, 0.15) is 6.42 Å². The molecule has 1 unspecified atom stereocenters. The fourth-order valence-electron chi connectivity index (χ4n) is 2.82. The number of hydrogen-bond acceptors (Lipinski definition) is 4. The first-order valence-corrected chi connectivity index (χ1v) is 7.76. The maximum Gasteiger partial charge on any atom is 0.407 e. The van der Waals surface area contributed by atoms with E-state index >= 15 is 0 Å². The van der Waals surface area contributed by atoms with Crippen LogP contribution in [-0.2, 0) is 4.74 Å². The van der Waals surface area contributed by atoms with Crippen molar-refractivity contribution in [3.05, 3.63) is 29.3 Å². The predicted octanol–water partition coefficient (Wildman–Crippen LogP) is 1.96. The van der Waals surface area contributed by atoms with E-state index in [1.54, 1.807) is 0 Å². The Labute approximate surface area is 129 Å². The number of hydrogen-bond donors (Lipinski definition) is 1. The van der Waals surface area contributed by atoms with Crippen molar-refractivity contribution >= 4 is 23.4 Å². The van der Waals surface area contributed by atoms with Gasteiger partial charge in [-0.15, -0.1) is 0 Å². The predicted molar refractivity (Wildman–Crippen MR) is 83.0 cm³/mol. The van der Waals surface area contributed by atoms with Crippen molar-refractivity contribution in [3.63, 3.8) is 0 Å². The Kier molecular flexibility index (Phi) is 4.51. The van der Waals surface area contributed by atoms with E-state index in [-0.39, 0.29) is 12.2 Å². The lowest BCUT2D eigenvalue weighted by Crippen LogP contribution is -2.47. The van der Waals surface area contributed by atoms with E-state index in [1.165, 1.54) is 5.69 Å². The third-order valence-electron chi connectivity index (χ3n) is 4.06. The number of carbonyl (C=O) groups excluding carboxylic acids is 1. The number of alkyl carbamates (subject to hydrolysis) is 1. The molecule has 1 N–H and O–H groups in total. The molecule has 6 heteroatoms. The molecule has 5 nitrogen and oxygen atoms in total. The molecule has 3 rings (SSSR count). The highest BCUT2D eigenvalue weighted by Crippen LogP contribution is 2.21. The number of rotatable bonds is 4. The third kappa shape index (κ3) is 3.80. The molecular weight excluding hydrogens is 290 g/mol. The van der Waals surface area contributed by atoms with Gasteiger partial charge in [-0.25, -0.2) is 4.79 Å². The van der Waals surface area contributed by atoms with Crippen LogP contribution >= 0.6 is 11.6 Å². The van der Waals surface area contributed by atoms with Crippen LogP contribution in [0.4, 0.5) is 10.5 Å². The third-order valence-corrected chi connectivity index (χ3v) is 4.30. The van der Waals surface area contributed by atoms with Crippen molar-refractivity contribution in [3.8, 4) is 0 Å². The zero-order valence-electron chi connectivity index (χ0n) is 11.9. The van der Waals surface area contributed by atoms with Gasteiger partial charge in [0, 0.05) is 43.4 Å². The number of benzene rings is 1. The van der Waals surface area contributed by atoms with E-state index in [2.05, 4.69) is 21.2 Å². The van der Waals surface area contributed by atoms with Crippen molar-refractivity contribution in [2.24, 2.45) is 0 Å². The summed E-state index contributed by atoms with van der Waals surface area (Å²) in [7, 11) is 0. The van der Waals surface area contributed by atoms with E-state index in [0.29, 0.717) is 6.54 Å². The number of piperazine rings is 1. The van der Waals surface area contributed by atoms with Crippen LogP contribution in [0.2, 0.25) is 5.02 Å².